The minimum atomic E-state index is 0. The quantitative estimate of drug-likeness (QED) is 0.846. The number of aromatic nitrogens is 1. The summed E-state index contributed by atoms with van der Waals surface area (Å²) in [6.07, 6.45) is 3.09. The van der Waals surface area contributed by atoms with Gasteiger partial charge in [0.15, 0.2) is 0 Å². The van der Waals surface area contributed by atoms with Crippen LogP contribution in [-0.4, -0.2) is 29.5 Å². The molecule has 3 nitrogen and oxygen atoms in total. The van der Waals surface area contributed by atoms with E-state index < -0.39 is 0 Å². The summed E-state index contributed by atoms with van der Waals surface area (Å²) >= 11 is 0. The Bertz CT molecular complexity index is 278. The number of nitrogens with two attached hydrogens (primary N) is 1. The fourth-order valence-corrected chi connectivity index (χ4v) is 1.97. The molecular formula is C11H18ClN3. The molecule has 4 heteroatoms. The Labute approximate surface area is 97.1 Å². The second kappa shape index (κ2) is 6.05. The Morgan fingerprint density at radius 3 is 2.93 bits per heavy atom. The Balaban J connectivity index is 0.00000112. The molecule has 0 bridgehead atoms. The number of nitrogens with zero attached hydrogens (tertiary/aromatic N) is 2. The first-order valence-corrected chi connectivity index (χ1v) is 5.21. The van der Waals surface area contributed by atoms with Gasteiger partial charge in [-0.05, 0) is 37.6 Å². The first-order valence-electron chi connectivity index (χ1n) is 5.21. The molecule has 84 valence electrons. The van der Waals surface area contributed by atoms with Crippen LogP contribution in [0.15, 0.2) is 24.4 Å². The minimum absolute atomic E-state index is 0. The Morgan fingerprint density at radius 2 is 2.33 bits per heavy atom. The van der Waals surface area contributed by atoms with E-state index in [-0.39, 0.29) is 12.4 Å². The molecule has 1 aromatic rings. The van der Waals surface area contributed by atoms with Crippen molar-refractivity contribution in [2.45, 2.75) is 13.0 Å². The zero-order valence-electron chi connectivity index (χ0n) is 8.80. The average Bonchev–Trinajstić information content (AvgIpc) is 2.67. The van der Waals surface area contributed by atoms with E-state index in [0.29, 0.717) is 5.92 Å². The number of halogens is 1. The summed E-state index contributed by atoms with van der Waals surface area (Å²) in [5.41, 5.74) is 6.80. The Hall–Kier alpha value is -0.640. The van der Waals surface area contributed by atoms with E-state index >= 15 is 0 Å². The van der Waals surface area contributed by atoms with E-state index in [9.17, 15) is 0 Å². The molecule has 1 aliphatic rings. The number of hydrogen-bond donors (Lipinski definition) is 1. The molecule has 15 heavy (non-hydrogen) atoms. The van der Waals surface area contributed by atoms with Gasteiger partial charge in [-0.25, -0.2) is 0 Å². The fraction of sp³-hybridized carbons (Fsp3) is 0.545. The normalized spacial score (nSPS) is 21.3. The van der Waals surface area contributed by atoms with Gasteiger partial charge >= 0.3 is 0 Å². The maximum atomic E-state index is 5.65. The van der Waals surface area contributed by atoms with Crippen molar-refractivity contribution in [2.75, 3.05) is 19.6 Å². The first-order chi connectivity index (χ1) is 6.88. The predicted octanol–water partition coefficient (Wildman–Crippen LogP) is 1.28. The molecule has 1 atom stereocenters. The van der Waals surface area contributed by atoms with E-state index in [1.165, 1.54) is 13.0 Å². The van der Waals surface area contributed by atoms with Crippen molar-refractivity contribution in [3.05, 3.63) is 30.1 Å². The van der Waals surface area contributed by atoms with E-state index in [1.807, 2.05) is 18.3 Å². The molecule has 1 aromatic heterocycles. The Kier molecular flexibility index (Phi) is 5.02. The lowest BCUT2D eigenvalue weighted by molar-refractivity contribution is 0.314. The van der Waals surface area contributed by atoms with Gasteiger partial charge in [0, 0.05) is 19.3 Å². The zero-order chi connectivity index (χ0) is 9.80. The maximum Gasteiger partial charge on any atom is 0.0543 e. The standard InChI is InChI=1S/C11H17N3.ClH/c12-7-10-4-6-14(8-10)9-11-3-1-2-5-13-11;/h1-3,5,10H,4,6-9,12H2;1H. The van der Waals surface area contributed by atoms with Gasteiger partial charge in [0.2, 0.25) is 0 Å². The highest BCUT2D eigenvalue weighted by atomic mass is 35.5. The number of hydrogen-bond acceptors (Lipinski definition) is 3. The highest BCUT2D eigenvalue weighted by Gasteiger charge is 2.20. The molecule has 2 rings (SSSR count). The minimum Gasteiger partial charge on any atom is -0.330 e. The van der Waals surface area contributed by atoms with Gasteiger partial charge < -0.3 is 5.73 Å². The molecule has 0 aliphatic carbocycles. The lowest BCUT2D eigenvalue weighted by Crippen LogP contribution is -2.23. The first kappa shape index (κ1) is 12.4. The van der Waals surface area contributed by atoms with Crippen molar-refractivity contribution in [3.8, 4) is 0 Å². The van der Waals surface area contributed by atoms with Crippen molar-refractivity contribution < 1.29 is 0 Å². The summed E-state index contributed by atoms with van der Waals surface area (Å²) in [6, 6.07) is 6.07. The molecule has 1 saturated heterocycles. The summed E-state index contributed by atoms with van der Waals surface area (Å²) in [5, 5.41) is 0. The molecule has 2 heterocycles. The summed E-state index contributed by atoms with van der Waals surface area (Å²) in [4.78, 5) is 6.75. The van der Waals surface area contributed by atoms with Gasteiger partial charge in [0.1, 0.15) is 0 Å². The molecule has 1 aliphatic heterocycles. The lowest BCUT2D eigenvalue weighted by Gasteiger charge is -2.14. The highest BCUT2D eigenvalue weighted by Crippen LogP contribution is 2.16. The number of rotatable bonds is 3. The van der Waals surface area contributed by atoms with Crippen LogP contribution >= 0.6 is 12.4 Å². The van der Waals surface area contributed by atoms with Gasteiger partial charge in [-0.1, -0.05) is 6.07 Å². The predicted molar refractivity (Wildman–Crippen MR) is 63.9 cm³/mol. The van der Waals surface area contributed by atoms with Crippen LogP contribution in [0.5, 0.6) is 0 Å². The zero-order valence-corrected chi connectivity index (χ0v) is 9.62. The summed E-state index contributed by atoms with van der Waals surface area (Å²) < 4.78 is 0. The summed E-state index contributed by atoms with van der Waals surface area (Å²) in [6.45, 7) is 4.08. The van der Waals surface area contributed by atoms with Crippen LogP contribution in [0.2, 0.25) is 0 Å². The van der Waals surface area contributed by atoms with Gasteiger partial charge in [-0.15, -0.1) is 12.4 Å². The van der Waals surface area contributed by atoms with Gasteiger partial charge in [0.25, 0.3) is 0 Å². The Morgan fingerprint density at radius 1 is 1.47 bits per heavy atom. The van der Waals surface area contributed by atoms with Crippen molar-refractivity contribution in [3.63, 3.8) is 0 Å². The fourth-order valence-electron chi connectivity index (χ4n) is 1.97. The number of likely N-dealkylation sites (tertiary alicyclic amines) is 1. The smallest absolute Gasteiger partial charge is 0.0543 e. The van der Waals surface area contributed by atoms with Gasteiger partial charge in [0.05, 0.1) is 5.69 Å². The van der Waals surface area contributed by atoms with Crippen molar-refractivity contribution >= 4 is 12.4 Å². The second-order valence-corrected chi connectivity index (χ2v) is 3.95. The SMILES string of the molecule is Cl.NCC1CCN(Cc2ccccn2)C1. The molecule has 0 aromatic carbocycles. The molecule has 0 amide bonds. The monoisotopic (exact) mass is 227 g/mol. The van der Waals surface area contributed by atoms with Crippen LogP contribution in [-0.2, 0) is 6.54 Å². The highest BCUT2D eigenvalue weighted by molar-refractivity contribution is 5.85. The third kappa shape index (κ3) is 3.45. The molecule has 2 N–H and O–H groups in total. The lowest BCUT2D eigenvalue weighted by atomic mass is 10.1. The molecule has 0 spiro atoms. The van der Waals surface area contributed by atoms with Crippen LogP contribution in [0.3, 0.4) is 0 Å². The van der Waals surface area contributed by atoms with Crippen molar-refractivity contribution in [1.29, 1.82) is 0 Å². The van der Waals surface area contributed by atoms with Gasteiger partial charge in [-0.3, -0.25) is 9.88 Å². The summed E-state index contributed by atoms with van der Waals surface area (Å²) in [7, 11) is 0. The van der Waals surface area contributed by atoms with Crippen LogP contribution in [0.25, 0.3) is 0 Å². The average molecular weight is 228 g/mol. The van der Waals surface area contributed by atoms with E-state index in [1.54, 1.807) is 0 Å². The third-order valence-electron chi connectivity index (χ3n) is 2.82. The van der Waals surface area contributed by atoms with E-state index in [4.69, 9.17) is 5.73 Å². The molecule has 1 fully saturated rings. The van der Waals surface area contributed by atoms with Crippen LogP contribution in [0, 0.1) is 5.92 Å². The van der Waals surface area contributed by atoms with Crippen molar-refractivity contribution in [2.24, 2.45) is 11.7 Å². The van der Waals surface area contributed by atoms with Crippen LogP contribution in [0.4, 0.5) is 0 Å². The third-order valence-corrected chi connectivity index (χ3v) is 2.82. The van der Waals surface area contributed by atoms with Gasteiger partial charge in [-0.2, -0.15) is 0 Å². The van der Waals surface area contributed by atoms with Crippen LogP contribution < -0.4 is 5.73 Å². The van der Waals surface area contributed by atoms with Crippen molar-refractivity contribution in [1.82, 2.24) is 9.88 Å². The molecule has 1 unspecified atom stereocenters. The van der Waals surface area contributed by atoms with E-state index in [0.717, 1.165) is 25.3 Å². The van der Waals surface area contributed by atoms with Crippen LogP contribution in [0.1, 0.15) is 12.1 Å². The molecule has 0 radical (unpaired) electrons. The molecule has 0 saturated carbocycles. The largest absolute Gasteiger partial charge is 0.330 e. The summed E-state index contributed by atoms with van der Waals surface area (Å²) in [5.74, 6) is 0.693. The van der Waals surface area contributed by atoms with E-state index in [2.05, 4.69) is 16.0 Å². The molecular weight excluding hydrogens is 210 g/mol. The second-order valence-electron chi connectivity index (χ2n) is 3.95. The number of pyridine rings is 1. The maximum absolute atomic E-state index is 5.65. The topological polar surface area (TPSA) is 42.1 Å².